The minimum atomic E-state index is 0.174. The van der Waals surface area contributed by atoms with Gasteiger partial charge in [-0.05, 0) is 13.5 Å². The Hall–Kier alpha value is -0.870. The number of rotatable bonds is 0. The van der Waals surface area contributed by atoms with E-state index in [0.717, 1.165) is 19.5 Å². The van der Waals surface area contributed by atoms with Crippen LogP contribution in [0.4, 0.5) is 0 Å². The highest BCUT2D eigenvalue weighted by atomic mass is 15.2. The zero-order valence-corrected chi connectivity index (χ0v) is 9.45. The average Bonchev–Trinajstić information content (AvgIpc) is 2.74. The lowest BCUT2D eigenvalue weighted by atomic mass is 9.88. The maximum atomic E-state index is 4.50. The lowest BCUT2D eigenvalue weighted by molar-refractivity contribution is 0.290. The molecule has 1 saturated heterocycles. The van der Waals surface area contributed by atoms with Crippen molar-refractivity contribution >= 4 is 0 Å². The quantitative estimate of drug-likeness (QED) is 0.653. The van der Waals surface area contributed by atoms with Gasteiger partial charge in [-0.2, -0.15) is 0 Å². The number of nitrogens with one attached hydrogen (secondary N) is 1. The molecule has 0 aromatic carbocycles. The van der Waals surface area contributed by atoms with Crippen molar-refractivity contribution in [1.82, 2.24) is 19.8 Å². The first kappa shape index (κ1) is 9.36. The van der Waals surface area contributed by atoms with E-state index in [0.29, 0.717) is 0 Å². The molecule has 2 aliphatic heterocycles. The summed E-state index contributed by atoms with van der Waals surface area (Å²) in [5, 5.41) is 3.71. The third-order valence-electron chi connectivity index (χ3n) is 3.75. The van der Waals surface area contributed by atoms with Crippen molar-refractivity contribution < 1.29 is 0 Å². The van der Waals surface area contributed by atoms with Gasteiger partial charge in [0.05, 0.1) is 23.3 Å². The zero-order valence-electron chi connectivity index (χ0n) is 9.45. The molecule has 2 aliphatic rings. The van der Waals surface area contributed by atoms with Gasteiger partial charge >= 0.3 is 0 Å². The Bertz CT molecular complexity index is 384. The number of imidazole rings is 1. The van der Waals surface area contributed by atoms with E-state index < -0.39 is 0 Å². The van der Waals surface area contributed by atoms with Crippen molar-refractivity contribution in [3.8, 4) is 0 Å². The third kappa shape index (κ3) is 1.25. The second-order valence-corrected chi connectivity index (χ2v) is 4.90. The Morgan fingerprint density at radius 2 is 2.33 bits per heavy atom. The van der Waals surface area contributed by atoms with Crippen LogP contribution in [0.1, 0.15) is 17.8 Å². The number of aromatic nitrogens is 2. The number of fused-ring (bicyclic) bond motifs is 2. The largest absolute Gasteiger partial charge is 0.336 e. The molecule has 1 N–H and O–H groups in total. The molecular weight excluding hydrogens is 188 g/mol. The zero-order chi connectivity index (χ0) is 10.5. The highest BCUT2D eigenvalue weighted by Crippen LogP contribution is 2.35. The van der Waals surface area contributed by atoms with Crippen LogP contribution in [0.3, 0.4) is 0 Å². The fourth-order valence-electron chi connectivity index (χ4n) is 3.12. The molecule has 1 fully saturated rings. The maximum absolute atomic E-state index is 4.50. The first-order valence-electron chi connectivity index (χ1n) is 5.65. The van der Waals surface area contributed by atoms with E-state index in [1.807, 2.05) is 6.33 Å². The molecule has 82 valence electrons. The number of nitrogens with zero attached hydrogens (tertiary/aromatic N) is 3. The minimum absolute atomic E-state index is 0.174. The summed E-state index contributed by atoms with van der Waals surface area (Å²) in [4.78, 5) is 6.90. The van der Waals surface area contributed by atoms with Crippen LogP contribution in [-0.2, 0) is 19.0 Å². The molecule has 15 heavy (non-hydrogen) atoms. The molecule has 3 rings (SSSR count). The van der Waals surface area contributed by atoms with E-state index in [1.54, 1.807) is 0 Å². The highest BCUT2D eigenvalue weighted by Gasteiger charge is 2.43. The van der Waals surface area contributed by atoms with Crippen molar-refractivity contribution in [3.05, 3.63) is 17.7 Å². The Balaban J connectivity index is 2.08. The molecule has 4 nitrogen and oxygen atoms in total. The molecule has 0 radical (unpaired) electrons. The van der Waals surface area contributed by atoms with Crippen molar-refractivity contribution in [2.24, 2.45) is 7.05 Å². The minimum Gasteiger partial charge on any atom is -0.336 e. The summed E-state index contributed by atoms with van der Waals surface area (Å²) < 4.78 is 2.20. The summed E-state index contributed by atoms with van der Waals surface area (Å²) in [6.45, 7) is 3.36. The summed E-state index contributed by atoms with van der Waals surface area (Å²) in [5.41, 5.74) is 2.89. The van der Waals surface area contributed by atoms with Gasteiger partial charge in [-0.15, -0.1) is 0 Å². The molecule has 1 unspecified atom stereocenters. The van der Waals surface area contributed by atoms with Crippen LogP contribution in [0.2, 0.25) is 0 Å². The molecule has 0 bridgehead atoms. The van der Waals surface area contributed by atoms with Gasteiger partial charge in [0.2, 0.25) is 0 Å². The molecular formula is C11H18N4. The number of likely N-dealkylation sites (N-methyl/N-ethyl adjacent to an activating group) is 1. The van der Waals surface area contributed by atoms with Crippen LogP contribution < -0.4 is 5.32 Å². The van der Waals surface area contributed by atoms with E-state index in [9.17, 15) is 0 Å². The third-order valence-corrected chi connectivity index (χ3v) is 3.75. The van der Waals surface area contributed by atoms with E-state index >= 15 is 0 Å². The highest BCUT2D eigenvalue weighted by molar-refractivity contribution is 5.28. The van der Waals surface area contributed by atoms with E-state index in [1.165, 1.54) is 24.4 Å². The first-order valence-corrected chi connectivity index (χ1v) is 5.65. The molecule has 0 aliphatic carbocycles. The normalized spacial score (nSPS) is 31.1. The van der Waals surface area contributed by atoms with Crippen LogP contribution in [0.25, 0.3) is 0 Å². The van der Waals surface area contributed by atoms with Crippen molar-refractivity contribution in [2.75, 3.05) is 26.7 Å². The van der Waals surface area contributed by atoms with Crippen molar-refractivity contribution in [1.29, 1.82) is 0 Å². The Morgan fingerprint density at radius 1 is 1.47 bits per heavy atom. The molecule has 3 heterocycles. The number of aryl methyl sites for hydroxylation is 1. The van der Waals surface area contributed by atoms with Crippen LogP contribution in [0, 0.1) is 0 Å². The SMILES string of the molecule is CN1CCC2(C1)NCCc1ncn(C)c12. The Morgan fingerprint density at radius 3 is 3.07 bits per heavy atom. The smallest absolute Gasteiger partial charge is 0.0949 e. The Kier molecular flexibility index (Phi) is 1.91. The predicted molar refractivity (Wildman–Crippen MR) is 58.7 cm³/mol. The molecule has 1 aromatic rings. The number of likely N-dealkylation sites (tertiary alicyclic amines) is 1. The van der Waals surface area contributed by atoms with Gasteiger partial charge in [-0.3, -0.25) is 0 Å². The van der Waals surface area contributed by atoms with E-state index in [4.69, 9.17) is 0 Å². The van der Waals surface area contributed by atoms with E-state index in [2.05, 4.69) is 33.9 Å². The second kappa shape index (κ2) is 3.06. The van der Waals surface area contributed by atoms with Crippen molar-refractivity contribution in [2.45, 2.75) is 18.4 Å². The van der Waals surface area contributed by atoms with Gasteiger partial charge in [0.1, 0.15) is 0 Å². The first-order chi connectivity index (χ1) is 7.21. The van der Waals surface area contributed by atoms with Crippen LogP contribution in [0.5, 0.6) is 0 Å². The van der Waals surface area contributed by atoms with Gasteiger partial charge in [-0.25, -0.2) is 4.98 Å². The molecule has 4 heteroatoms. The standard InChI is InChI=1S/C11H18N4/c1-14-6-4-11(7-14)10-9(3-5-13-11)12-8-15(10)2/h8,13H,3-7H2,1-2H3. The van der Waals surface area contributed by atoms with Gasteiger partial charge in [0.15, 0.2) is 0 Å². The lowest BCUT2D eigenvalue weighted by Crippen LogP contribution is -2.50. The van der Waals surface area contributed by atoms with Crippen molar-refractivity contribution in [3.63, 3.8) is 0 Å². The van der Waals surface area contributed by atoms with Gasteiger partial charge in [0.25, 0.3) is 0 Å². The average molecular weight is 206 g/mol. The maximum Gasteiger partial charge on any atom is 0.0949 e. The van der Waals surface area contributed by atoms with E-state index in [-0.39, 0.29) is 5.54 Å². The second-order valence-electron chi connectivity index (χ2n) is 4.90. The topological polar surface area (TPSA) is 33.1 Å². The number of hydrogen-bond acceptors (Lipinski definition) is 3. The fraction of sp³-hybridized carbons (Fsp3) is 0.727. The molecule has 1 spiro atoms. The molecule has 0 saturated carbocycles. The summed E-state index contributed by atoms with van der Waals surface area (Å²) in [6.07, 6.45) is 4.23. The van der Waals surface area contributed by atoms with Crippen LogP contribution in [-0.4, -0.2) is 41.1 Å². The predicted octanol–water partition coefficient (Wildman–Crippen LogP) is 0.0966. The molecule has 1 aromatic heterocycles. The number of hydrogen-bond donors (Lipinski definition) is 1. The summed E-state index contributed by atoms with van der Waals surface area (Å²) in [5.74, 6) is 0. The fourth-order valence-corrected chi connectivity index (χ4v) is 3.12. The van der Waals surface area contributed by atoms with Gasteiger partial charge in [0, 0.05) is 33.1 Å². The monoisotopic (exact) mass is 206 g/mol. The molecule has 1 atom stereocenters. The van der Waals surface area contributed by atoms with Crippen LogP contribution in [0.15, 0.2) is 6.33 Å². The Labute approximate surface area is 90.3 Å². The van der Waals surface area contributed by atoms with Gasteiger partial charge < -0.3 is 14.8 Å². The summed E-state index contributed by atoms with van der Waals surface area (Å²) in [6, 6.07) is 0. The molecule has 0 amide bonds. The summed E-state index contributed by atoms with van der Waals surface area (Å²) >= 11 is 0. The summed E-state index contributed by atoms with van der Waals surface area (Å²) in [7, 11) is 4.31. The lowest BCUT2D eigenvalue weighted by Gasteiger charge is -2.35. The van der Waals surface area contributed by atoms with Gasteiger partial charge in [-0.1, -0.05) is 0 Å². The van der Waals surface area contributed by atoms with Crippen LogP contribution >= 0.6 is 0 Å².